The van der Waals surface area contributed by atoms with Gasteiger partial charge < -0.3 is 20.1 Å². The van der Waals surface area contributed by atoms with Crippen LogP contribution in [0.1, 0.15) is 34.7 Å². The van der Waals surface area contributed by atoms with Crippen LogP contribution in [0.4, 0.5) is 18.0 Å². The SMILES string of the molecule is O=C(O)C[C@H](C(=O)NCCc1cccc(C(F)(F)F)c1)N1C(=O)[C@H](N2C(=O)OC[C@@H]2c2ccccc2)[C@H]1C=Cc1ccccc1. The molecule has 234 valence electrons. The van der Waals surface area contributed by atoms with Crippen molar-refractivity contribution >= 4 is 30.0 Å². The van der Waals surface area contributed by atoms with Crippen LogP contribution in [-0.4, -0.2) is 70.1 Å². The van der Waals surface area contributed by atoms with Crippen LogP contribution in [0, 0.1) is 0 Å². The molecule has 0 spiro atoms. The third kappa shape index (κ3) is 7.00. The number of cyclic esters (lactones) is 1. The molecule has 2 heterocycles. The van der Waals surface area contributed by atoms with E-state index >= 15 is 0 Å². The molecule has 0 bridgehead atoms. The van der Waals surface area contributed by atoms with Gasteiger partial charge in [-0.25, -0.2) is 4.79 Å². The quantitative estimate of drug-likeness (QED) is 0.300. The average molecular weight is 622 g/mol. The average Bonchev–Trinajstić information content (AvgIpc) is 3.39. The van der Waals surface area contributed by atoms with Gasteiger partial charge in [0.05, 0.1) is 24.1 Å². The van der Waals surface area contributed by atoms with Gasteiger partial charge in [0.25, 0.3) is 0 Å². The van der Waals surface area contributed by atoms with Crippen molar-refractivity contribution in [1.82, 2.24) is 15.1 Å². The molecule has 4 atom stereocenters. The topological polar surface area (TPSA) is 116 Å². The van der Waals surface area contributed by atoms with Crippen LogP contribution >= 0.6 is 0 Å². The molecule has 2 saturated heterocycles. The number of halogens is 3. The number of benzene rings is 3. The number of aliphatic carboxylic acids is 1. The first-order valence-electron chi connectivity index (χ1n) is 14.3. The Hall–Kier alpha value is -5.13. The fourth-order valence-electron chi connectivity index (χ4n) is 5.64. The Morgan fingerprint density at radius 3 is 2.36 bits per heavy atom. The van der Waals surface area contributed by atoms with E-state index in [1.54, 1.807) is 36.4 Å². The number of ether oxygens (including phenoxy) is 1. The van der Waals surface area contributed by atoms with E-state index in [-0.39, 0.29) is 19.6 Å². The van der Waals surface area contributed by atoms with Gasteiger partial charge in [-0.1, -0.05) is 91.0 Å². The Kier molecular flexibility index (Phi) is 9.21. The minimum absolute atomic E-state index is 0.0102. The highest BCUT2D eigenvalue weighted by Crippen LogP contribution is 2.39. The van der Waals surface area contributed by atoms with Crippen LogP contribution in [0.5, 0.6) is 0 Å². The molecule has 3 amide bonds. The van der Waals surface area contributed by atoms with Gasteiger partial charge in [-0.2, -0.15) is 13.2 Å². The van der Waals surface area contributed by atoms with Gasteiger partial charge in [0.2, 0.25) is 11.8 Å². The number of carbonyl (C=O) groups excluding carboxylic acids is 3. The lowest BCUT2D eigenvalue weighted by Crippen LogP contribution is -2.74. The largest absolute Gasteiger partial charge is 0.481 e. The number of carbonyl (C=O) groups is 4. The third-order valence-corrected chi connectivity index (χ3v) is 7.81. The third-order valence-electron chi connectivity index (χ3n) is 7.81. The molecule has 3 aromatic carbocycles. The highest BCUT2D eigenvalue weighted by Gasteiger charge is 2.58. The van der Waals surface area contributed by atoms with Crippen molar-refractivity contribution in [3.8, 4) is 0 Å². The summed E-state index contributed by atoms with van der Waals surface area (Å²) in [7, 11) is 0. The number of β-lactam (4-membered cyclic amide) rings is 1. The maximum Gasteiger partial charge on any atom is 0.416 e. The molecule has 5 rings (SSSR count). The van der Waals surface area contributed by atoms with Crippen LogP contribution in [0.15, 0.2) is 91.0 Å². The molecule has 0 aliphatic carbocycles. The van der Waals surface area contributed by atoms with E-state index in [1.807, 2.05) is 36.4 Å². The summed E-state index contributed by atoms with van der Waals surface area (Å²) < 4.78 is 44.7. The lowest BCUT2D eigenvalue weighted by molar-refractivity contribution is -0.164. The zero-order chi connectivity index (χ0) is 32.1. The number of alkyl halides is 3. The van der Waals surface area contributed by atoms with E-state index < -0.39 is 66.2 Å². The number of nitrogens with zero attached hydrogens (tertiary/aromatic N) is 2. The number of carboxylic acid groups (broad SMARTS) is 1. The number of nitrogens with one attached hydrogen (secondary N) is 1. The van der Waals surface area contributed by atoms with Crippen molar-refractivity contribution in [2.24, 2.45) is 0 Å². The molecule has 2 fully saturated rings. The summed E-state index contributed by atoms with van der Waals surface area (Å²) in [5.41, 5.74) is 1.02. The van der Waals surface area contributed by atoms with Crippen molar-refractivity contribution in [2.75, 3.05) is 13.2 Å². The molecule has 9 nitrogen and oxygen atoms in total. The molecule has 0 aromatic heterocycles. The monoisotopic (exact) mass is 621 g/mol. The van der Waals surface area contributed by atoms with Gasteiger partial charge in [0.1, 0.15) is 18.7 Å². The van der Waals surface area contributed by atoms with Crippen LogP contribution in [0.25, 0.3) is 6.08 Å². The van der Waals surface area contributed by atoms with E-state index in [2.05, 4.69) is 5.32 Å². The molecule has 45 heavy (non-hydrogen) atoms. The number of amides is 3. The summed E-state index contributed by atoms with van der Waals surface area (Å²) in [6.45, 7) is -0.0862. The van der Waals surface area contributed by atoms with Crippen molar-refractivity contribution in [1.29, 1.82) is 0 Å². The highest BCUT2D eigenvalue weighted by molar-refractivity contribution is 5.99. The lowest BCUT2D eigenvalue weighted by atomic mass is 9.87. The lowest BCUT2D eigenvalue weighted by Gasteiger charge is -2.52. The summed E-state index contributed by atoms with van der Waals surface area (Å²) >= 11 is 0. The van der Waals surface area contributed by atoms with Crippen molar-refractivity contribution in [3.63, 3.8) is 0 Å². The normalized spacial score (nSPS) is 20.6. The first-order chi connectivity index (χ1) is 21.5. The highest BCUT2D eigenvalue weighted by atomic mass is 19.4. The Morgan fingerprint density at radius 1 is 1.00 bits per heavy atom. The van der Waals surface area contributed by atoms with E-state index in [9.17, 15) is 37.5 Å². The first-order valence-corrected chi connectivity index (χ1v) is 14.3. The minimum atomic E-state index is -4.52. The molecule has 2 aliphatic rings. The number of rotatable bonds is 11. The van der Waals surface area contributed by atoms with Gasteiger partial charge in [-0.05, 0) is 29.2 Å². The number of hydrogen-bond donors (Lipinski definition) is 2. The van der Waals surface area contributed by atoms with Crippen molar-refractivity contribution in [3.05, 3.63) is 113 Å². The Bertz CT molecular complexity index is 1580. The van der Waals surface area contributed by atoms with Gasteiger partial charge in [0.15, 0.2) is 0 Å². The molecule has 3 aromatic rings. The van der Waals surface area contributed by atoms with E-state index in [4.69, 9.17) is 4.74 Å². The summed E-state index contributed by atoms with van der Waals surface area (Å²) in [4.78, 5) is 54.5. The fourth-order valence-corrected chi connectivity index (χ4v) is 5.64. The Labute approximate surface area is 256 Å². The molecular formula is C33H30F3N3O6. The summed E-state index contributed by atoms with van der Waals surface area (Å²) in [6, 6.07) is 18.8. The predicted molar refractivity (Wildman–Crippen MR) is 156 cm³/mol. The molecule has 2 aliphatic heterocycles. The van der Waals surface area contributed by atoms with E-state index in [0.717, 1.165) is 28.2 Å². The second-order valence-electron chi connectivity index (χ2n) is 10.7. The summed E-state index contributed by atoms with van der Waals surface area (Å²) in [5.74, 6) is -2.74. The van der Waals surface area contributed by atoms with Crippen LogP contribution in [-0.2, 0) is 31.7 Å². The fraction of sp³-hybridized carbons (Fsp3) is 0.273. The first kappa shape index (κ1) is 31.3. The molecule has 12 heteroatoms. The number of likely N-dealkylation sites (tertiary alicyclic amines) is 1. The van der Waals surface area contributed by atoms with Gasteiger partial charge in [0, 0.05) is 6.54 Å². The van der Waals surface area contributed by atoms with Crippen molar-refractivity contribution < 1.29 is 42.2 Å². The van der Waals surface area contributed by atoms with Crippen LogP contribution in [0.2, 0.25) is 0 Å². The van der Waals surface area contributed by atoms with E-state index in [1.165, 1.54) is 17.0 Å². The summed E-state index contributed by atoms with van der Waals surface area (Å²) in [6.07, 6.45) is -2.54. The second kappa shape index (κ2) is 13.2. The smallest absolute Gasteiger partial charge is 0.416 e. The molecule has 0 radical (unpaired) electrons. The second-order valence-corrected chi connectivity index (χ2v) is 10.7. The molecular weight excluding hydrogens is 591 g/mol. The van der Waals surface area contributed by atoms with Gasteiger partial charge in [-0.15, -0.1) is 0 Å². The minimum Gasteiger partial charge on any atom is -0.481 e. The summed E-state index contributed by atoms with van der Waals surface area (Å²) in [5, 5.41) is 12.3. The Balaban J connectivity index is 1.39. The number of carboxylic acids is 1. The maximum absolute atomic E-state index is 13.8. The standard InChI is InChI=1S/C33H30F3N3O6/c34-33(35,36)24-13-7-10-22(18-24)16-17-37-30(42)26(19-28(40)41)38-25(15-14-21-8-3-1-4-9-21)29(31(38)43)39-27(20-45-32(39)44)23-11-5-2-6-12-23/h1-15,18,25-27,29H,16-17,19-20H2,(H,37,42)(H,40,41)/t25-,26-,27-,29-/m1/s1. The molecule has 0 saturated carbocycles. The molecule has 0 unspecified atom stereocenters. The predicted octanol–water partition coefficient (Wildman–Crippen LogP) is 4.69. The van der Waals surface area contributed by atoms with E-state index in [0.29, 0.717) is 5.56 Å². The zero-order valence-electron chi connectivity index (χ0n) is 23.9. The van der Waals surface area contributed by atoms with Gasteiger partial charge in [-0.3, -0.25) is 19.3 Å². The zero-order valence-corrected chi connectivity index (χ0v) is 23.9. The van der Waals surface area contributed by atoms with Crippen molar-refractivity contribution in [2.45, 2.75) is 43.2 Å². The molecule has 2 N–H and O–H groups in total. The maximum atomic E-state index is 13.8. The Morgan fingerprint density at radius 2 is 1.69 bits per heavy atom. The van der Waals surface area contributed by atoms with Gasteiger partial charge >= 0.3 is 18.2 Å². The number of hydrogen-bond acceptors (Lipinski definition) is 5. The van der Waals surface area contributed by atoms with Crippen LogP contribution < -0.4 is 5.32 Å². The van der Waals surface area contributed by atoms with Crippen LogP contribution in [0.3, 0.4) is 0 Å².